The number of anilines is 1. The summed E-state index contributed by atoms with van der Waals surface area (Å²) in [5.74, 6) is -0.0776. The molecule has 0 radical (unpaired) electrons. The molecule has 160 valence electrons. The molecule has 7 nitrogen and oxygen atoms in total. The van der Waals surface area contributed by atoms with E-state index in [2.05, 4.69) is 15.5 Å². The van der Waals surface area contributed by atoms with Crippen molar-refractivity contribution in [3.63, 3.8) is 0 Å². The number of methoxy groups -OCH3 is 1. The third kappa shape index (κ3) is 4.88. The van der Waals surface area contributed by atoms with Gasteiger partial charge in [0.2, 0.25) is 10.9 Å². The second-order valence-electron chi connectivity index (χ2n) is 7.18. The number of aromatic nitrogens is 2. The van der Waals surface area contributed by atoms with Crippen LogP contribution in [0.1, 0.15) is 39.3 Å². The molecule has 1 N–H and O–H groups in total. The highest BCUT2D eigenvalue weighted by atomic mass is 32.1. The number of ether oxygens (including phenoxy) is 1. The van der Waals surface area contributed by atoms with E-state index >= 15 is 0 Å². The lowest BCUT2D eigenvalue weighted by Gasteiger charge is -2.22. The maximum atomic E-state index is 13.0. The van der Waals surface area contributed by atoms with Gasteiger partial charge < -0.3 is 15.0 Å². The van der Waals surface area contributed by atoms with Crippen LogP contribution < -0.4 is 10.1 Å². The predicted molar refractivity (Wildman–Crippen MR) is 115 cm³/mol. The molecule has 2 aromatic carbocycles. The third-order valence-corrected chi connectivity index (χ3v) is 6.11. The molecule has 2 heterocycles. The molecular weight excluding hydrogens is 419 g/mol. The zero-order valence-electron chi connectivity index (χ0n) is 16.9. The Balaban J connectivity index is 1.43. The van der Waals surface area contributed by atoms with Crippen molar-refractivity contribution in [1.82, 2.24) is 15.1 Å². The van der Waals surface area contributed by atoms with Gasteiger partial charge in [0.1, 0.15) is 16.6 Å². The summed E-state index contributed by atoms with van der Waals surface area (Å²) < 4.78 is 18.3. The lowest BCUT2D eigenvalue weighted by Crippen LogP contribution is -2.31. The van der Waals surface area contributed by atoms with Crippen molar-refractivity contribution in [1.29, 1.82) is 0 Å². The lowest BCUT2D eigenvalue weighted by atomic mass is 10.1. The number of carbonyl (C=O) groups excluding carboxylic acids is 2. The van der Waals surface area contributed by atoms with E-state index in [-0.39, 0.29) is 29.2 Å². The number of benzene rings is 2. The van der Waals surface area contributed by atoms with Gasteiger partial charge >= 0.3 is 0 Å². The minimum absolute atomic E-state index is 0.00302. The number of carbonyl (C=O) groups is 2. The average molecular weight is 441 g/mol. The van der Waals surface area contributed by atoms with Gasteiger partial charge in [0.15, 0.2) is 0 Å². The largest absolute Gasteiger partial charge is 0.497 e. The minimum atomic E-state index is -0.414. The molecule has 0 saturated carbocycles. The van der Waals surface area contributed by atoms with E-state index in [1.165, 1.54) is 35.6 Å². The van der Waals surface area contributed by atoms with Crippen LogP contribution in [-0.2, 0) is 11.2 Å². The van der Waals surface area contributed by atoms with Crippen LogP contribution in [0.5, 0.6) is 5.75 Å². The number of rotatable bonds is 6. The van der Waals surface area contributed by atoms with Crippen LogP contribution in [0.2, 0.25) is 0 Å². The van der Waals surface area contributed by atoms with Crippen LogP contribution >= 0.6 is 11.3 Å². The van der Waals surface area contributed by atoms with Crippen LogP contribution in [0.3, 0.4) is 0 Å². The van der Waals surface area contributed by atoms with Gasteiger partial charge in [-0.1, -0.05) is 23.5 Å². The summed E-state index contributed by atoms with van der Waals surface area (Å²) in [5, 5.41) is 11.7. The first kappa shape index (κ1) is 20.9. The van der Waals surface area contributed by atoms with Crippen molar-refractivity contribution < 1.29 is 18.7 Å². The Hall–Kier alpha value is -3.33. The average Bonchev–Trinajstić information content (AvgIpc) is 3.45. The molecule has 0 unspecified atom stereocenters. The molecule has 1 fully saturated rings. The van der Waals surface area contributed by atoms with E-state index in [1.54, 1.807) is 7.11 Å². The maximum Gasteiger partial charge on any atom is 0.286 e. The van der Waals surface area contributed by atoms with Gasteiger partial charge in [0.05, 0.1) is 19.6 Å². The number of nitrogens with one attached hydrogen (secondary N) is 1. The third-order valence-electron chi connectivity index (χ3n) is 5.08. The second-order valence-corrected chi connectivity index (χ2v) is 8.19. The Labute approximate surface area is 182 Å². The number of likely N-dealkylation sites (tertiary alicyclic amines) is 1. The molecule has 31 heavy (non-hydrogen) atoms. The molecule has 1 atom stereocenters. The van der Waals surface area contributed by atoms with Gasteiger partial charge in [-0.2, -0.15) is 0 Å². The summed E-state index contributed by atoms with van der Waals surface area (Å²) in [7, 11) is 1.59. The van der Waals surface area contributed by atoms with E-state index in [4.69, 9.17) is 4.74 Å². The summed E-state index contributed by atoms with van der Waals surface area (Å²) >= 11 is 1.17. The first-order chi connectivity index (χ1) is 15.0. The number of nitrogens with zero attached hydrogens (tertiary/aromatic N) is 3. The van der Waals surface area contributed by atoms with E-state index in [0.29, 0.717) is 23.0 Å². The molecule has 1 aliphatic rings. The van der Waals surface area contributed by atoms with Crippen molar-refractivity contribution in [2.75, 3.05) is 19.0 Å². The Morgan fingerprint density at radius 2 is 2.03 bits per heavy atom. The predicted octanol–water partition coefficient (Wildman–Crippen LogP) is 3.84. The Morgan fingerprint density at radius 3 is 2.81 bits per heavy atom. The molecule has 1 aromatic heterocycles. The fourth-order valence-corrected chi connectivity index (χ4v) is 4.45. The summed E-state index contributed by atoms with van der Waals surface area (Å²) in [6.45, 7) is 0.643. The highest BCUT2D eigenvalue weighted by Gasteiger charge is 2.33. The van der Waals surface area contributed by atoms with Crippen molar-refractivity contribution in [3.8, 4) is 5.75 Å². The summed E-state index contributed by atoms with van der Waals surface area (Å²) in [6, 6.07) is 12.8. The Bertz CT molecular complexity index is 1090. The molecule has 4 rings (SSSR count). The fourth-order valence-electron chi connectivity index (χ4n) is 3.56. The van der Waals surface area contributed by atoms with E-state index in [1.807, 2.05) is 29.2 Å². The molecule has 3 aromatic rings. The highest BCUT2D eigenvalue weighted by molar-refractivity contribution is 7.13. The molecule has 9 heteroatoms. The van der Waals surface area contributed by atoms with Gasteiger partial charge in [0, 0.05) is 12.2 Å². The van der Waals surface area contributed by atoms with E-state index < -0.39 is 5.91 Å². The quantitative estimate of drug-likeness (QED) is 0.630. The fraction of sp³-hybridized carbons (Fsp3) is 0.273. The molecule has 2 amide bonds. The standard InChI is InChI=1S/C22H21FN4O3S/c1-30-17-5-2-4-14(12-17)13-19(28)27-11-3-6-18(27)21-25-26-22(31-21)20(29)24-16-9-7-15(23)8-10-16/h2,4-5,7-10,12,18H,3,6,11,13H2,1H3,(H,24,29)/t18-/m1/s1. The maximum absolute atomic E-state index is 13.0. The number of hydrogen-bond acceptors (Lipinski definition) is 6. The first-order valence-electron chi connectivity index (χ1n) is 9.86. The van der Waals surface area contributed by atoms with Gasteiger partial charge in [-0.25, -0.2) is 4.39 Å². The van der Waals surface area contributed by atoms with Gasteiger partial charge in [0.25, 0.3) is 5.91 Å². The summed E-state index contributed by atoms with van der Waals surface area (Å²) in [6.07, 6.45) is 1.91. The number of hydrogen-bond donors (Lipinski definition) is 1. The van der Waals surface area contributed by atoms with Crippen LogP contribution in [0.15, 0.2) is 48.5 Å². The van der Waals surface area contributed by atoms with Crippen LogP contribution in [-0.4, -0.2) is 40.6 Å². The van der Waals surface area contributed by atoms with Crippen molar-refractivity contribution >= 4 is 28.8 Å². The van der Waals surface area contributed by atoms with E-state index in [0.717, 1.165) is 18.4 Å². The first-order valence-corrected chi connectivity index (χ1v) is 10.7. The zero-order chi connectivity index (χ0) is 21.8. The van der Waals surface area contributed by atoms with Crippen molar-refractivity contribution in [2.24, 2.45) is 0 Å². The van der Waals surface area contributed by atoms with Crippen LogP contribution in [0.25, 0.3) is 0 Å². The highest BCUT2D eigenvalue weighted by Crippen LogP contribution is 2.34. The summed E-state index contributed by atoms with van der Waals surface area (Å²) in [5.41, 5.74) is 1.35. The van der Waals surface area contributed by atoms with Gasteiger partial charge in [-0.05, 0) is 54.8 Å². The molecule has 0 spiro atoms. The summed E-state index contributed by atoms with van der Waals surface area (Å²) in [4.78, 5) is 27.2. The van der Waals surface area contributed by atoms with E-state index in [9.17, 15) is 14.0 Å². The lowest BCUT2D eigenvalue weighted by molar-refractivity contribution is -0.131. The topological polar surface area (TPSA) is 84.4 Å². The Morgan fingerprint density at radius 1 is 1.23 bits per heavy atom. The monoisotopic (exact) mass is 440 g/mol. The number of halogens is 1. The van der Waals surface area contributed by atoms with Crippen LogP contribution in [0.4, 0.5) is 10.1 Å². The normalized spacial score (nSPS) is 15.7. The molecule has 1 aliphatic heterocycles. The molecular formula is C22H21FN4O3S. The Kier molecular flexibility index (Phi) is 6.22. The second kappa shape index (κ2) is 9.22. The SMILES string of the molecule is COc1cccc(CC(=O)N2CCC[C@@H]2c2nnc(C(=O)Nc3ccc(F)cc3)s2)c1. The van der Waals surface area contributed by atoms with Gasteiger partial charge in [-0.3, -0.25) is 9.59 Å². The van der Waals surface area contributed by atoms with Crippen molar-refractivity contribution in [3.05, 3.63) is 69.9 Å². The zero-order valence-corrected chi connectivity index (χ0v) is 17.7. The number of amides is 2. The molecule has 0 aliphatic carbocycles. The van der Waals surface area contributed by atoms with Crippen molar-refractivity contribution in [2.45, 2.75) is 25.3 Å². The van der Waals surface area contributed by atoms with Gasteiger partial charge in [-0.15, -0.1) is 10.2 Å². The smallest absolute Gasteiger partial charge is 0.286 e. The minimum Gasteiger partial charge on any atom is -0.497 e. The molecule has 0 bridgehead atoms. The van der Waals surface area contributed by atoms with Crippen LogP contribution in [0, 0.1) is 5.82 Å². The molecule has 1 saturated heterocycles.